The number of rotatable bonds is 3. The lowest BCUT2D eigenvalue weighted by atomic mass is 9.99. The minimum Gasteiger partial charge on any atom is -0.349 e. The summed E-state index contributed by atoms with van der Waals surface area (Å²) in [6.07, 6.45) is 3.72. The van der Waals surface area contributed by atoms with E-state index in [0.717, 1.165) is 5.56 Å². The Morgan fingerprint density at radius 2 is 2.12 bits per heavy atom. The molecule has 1 aromatic rings. The smallest absolute Gasteiger partial charge is 0.231 e. The van der Waals surface area contributed by atoms with E-state index in [4.69, 9.17) is 5.53 Å². The van der Waals surface area contributed by atoms with Gasteiger partial charge in [-0.25, -0.2) is 0 Å². The van der Waals surface area contributed by atoms with Crippen molar-refractivity contribution in [3.8, 4) is 0 Å². The molecule has 1 fully saturated rings. The molecule has 1 heterocycles. The Labute approximate surface area is 92.4 Å². The molecule has 1 aliphatic rings. The highest BCUT2D eigenvalue weighted by molar-refractivity contribution is 5.90. The fraction of sp³-hybridized carbons (Fsp3) is 0.182. The molecule has 80 valence electrons. The van der Waals surface area contributed by atoms with E-state index >= 15 is 0 Å². The standard InChI is InChI=1S/C11H10N4O/c12-15-14-10-9(13-11(10)16)7-6-8-4-2-1-3-5-8/h1-7,9-10H,(H,13,16)/t9-,10+/m1/s1. The highest BCUT2D eigenvalue weighted by atomic mass is 16.2. The molecule has 0 spiro atoms. The molecule has 0 bridgehead atoms. The Kier molecular flexibility index (Phi) is 2.89. The molecule has 1 amide bonds. The van der Waals surface area contributed by atoms with E-state index in [1.165, 1.54) is 0 Å². The van der Waals surface area contributed by atoms with Gasteiger partial charge >= 0.3 is 0 Å². The fourth-order valence-electron chi connectivity index (χ4n) is 1.51. The number of hydrogen-bond donors (Lipinski definition) is 1. The van der Waals surface area contributed by atoms with Gasteiger partial charge in [0.25, 0.3) is 0 Å². The number of β-lactam (4-membered cyclic amide) rings is 1. The lowest BCUT2D eigenvalue weighted by Gasteiger charge is -2.31. The van der Waals surface area contributed by atoms with Crippen LogP contribution in [0.4, 0.5) is 0 Å². The average molecular weight is 214 g/mol. The maximum absolute atomic E-state index is 11.0. The van der Waals surface area contributed by atoms with E-state index in [1.54, 1.807) is 0 Å². The van der Waals surface area contributed by atoms with Crippen molar-refractivity contribution in [2.75, 3.05) is 0 Å². The SMILES string of the molecule is [N-]=[N+]=N[C@@H]1C(=O)N[C@@H]1C=Cc1ccccc1. The van der Waals surface area contributed by atoms with Gasteiger partial charge in [-0.05, 0) is 11.1 Å². The van der Waals surface area contributed by atoms with Crippen molar-refractivity contribution in [3.63, 3.8) is 0 Å². The van der Waals surface area contributed by atoms with E-state index in [1.807, 2.05) is 42.5 Å². The molecule has 2 rings (SSSR count). The van der Waals surface area contributed by atoms with Crippen LogP contribution in [0.1, 0.15) is 5.56 Å². The van der Waals surface area contributed by atoms with Gasteiger partial charge in [0, 0.05) is 4.91 Å². The summed E-state index contributed by atoms with van der Waals surface area (Å²) in [5, 5.41) is 6.08. The molecule has 2 atom stereocenters. The summed E-state index contributed by atoms with van der Waals surface area (Å²) in [7, 11) is 0. The molecule has 16 heavy (non-hydrogen) atoms. The van der Waals surface area contributed by atoms with Crippen molar-refractivity contribution in [1.82, 2.24) is 5.32 Å². The lowest BCUT2D eigenvalue weighted by Crippen LogP contribution is -2.60. The summed E-state index contributed by atoms with van der Waals surface area (Å²) in [5.74, 6) is -0.222. The van der Waals surface area contributed by atoms with E-state index in [-0.39, 0.29) is 11.9 Å². The number of amides is 1. The van der Waals surface area contributed by atoms with Crippen LogP contribution in [0.25, 0.3) is 16.5 Å². The molecule has 0 radical (unpaired) electrons. The number of carbonyl (C=O) groups is 1. The zero-order valence-corrected chi connectivity index (χ0v) is 8.45. The molecule has 5 heteroatoms. The van der Waals surface area contributed by atoms with Gasteiger partial charge in [-0.3, -0.25) is 4.79 Å². The van der Waals surface area contributed by atoms with Gasteiger partial charge in [0.1, 0.15) is 6.04 Å². The van der Waals surface area contributed by atoms with Crippen LogP contribution in [0.5, 0.6) is 0 Å². The molecule has 0 aromatic heterocycles. The first kappa shape index (κ1) is 10.3. The number of nitrogens with zero attached hydrogens (tertiary/aromatic N) is 3. The minimum absolute atomic E-state index is 0.191. The number of nitrogens with one attached hydrogen (secondary N) is 1. The first-order chi connectivity index (χ1) is 7.81. The first-order valence-corrected chi connectivity index (χ1v) is 4.89. The Hall–Kier alpha value is -2.26. The number of benzene rings is 1. The maximum atomic E-state index is 11.0. The normalized spacial score (nSPS) is 23.4. The molecular formula is C11H10N4O. The third-order valence-corrected chi connectivity index (χ3v) is 2.39. The molecule has 1 aromatic carbocycles. The molecular weight excluding hydrogens is 204 g/mol. The van der Waals surface area contributed by atoms with Crippen LogP contribution < -0.4 is 5.32 Å². The van der Waals surface area contributed by atoms with Crippen molar-refractivity contribution in [3.05, 3.63) is 52.4 Å². The highest BCUT2D eigenvalue weighted by Gasteiger charge is 2.36. The van der Waals surface area contributed by atoms with Crippen LogP contribution in [-0.4, -0.2) is 18.0 Å². The van der Waals surface area contributed by atoms with Gasteiger partial charge in [-0.1, -0.05) is 47.6 Å². The zero-order chi connectivity index (χ0) is 11.4. The van der Waals surface area contributed by atoms with Gasteiger partial charge in [-0.2, -0.15) is 0 Å². The van der Waals surface area contributed by atoms with E-state index in [9.17, 15) is 4.79 Å². The van der Waals surface area contributed by atoms with Gasteiger partial charge in [0.05, 0.1) is 6.04 Å². The van der Waals surface area contributed by atoms with Crippen LogP contribution in [0, 0.1) is 0 Å². The Morgan fingerprint density at radius 3 is 2.75 bits per heavy atom. The van der Waals surface area contributed by atoms with Crippen molar-refractivity contribution >= 4 is 12.0 Å². The van der Waals surface area contributed by atoms with Gasteiger partial charge in [0.2, 0.25) is 5.91 Å². The second kappa shape index (κ2) is 4.51. The van der Waals surface area contributed by atoms with Gasteiger partial charge < -0.3 is 5.32 Å². The quantitative estimate of drug-likeness (QED) is 0.354. The number of carbonyl (C=O) groups excluding carboxylic acids is 1. The topological polar surface area (TPSA) is 77.9 Å². The Balaban J connectivity index is 2.03. The first-order valence-electron chi connectivity index (χ1n) is 4.89. The summed E-state index contributed by atoms with van der Waals surface area (Å²) < 4.78 is 0. The lowest BCUT2D eigenvalue weighted by molar-refractivity contribution is -0.129. The second-order valence-corrected chi connectivity index (χ2v) is 3.45. The predicted octanol–water partition coefficient (Wildman–Crippen LogP) is 1.88. The third kappa shape index (κ3) is 2.04. The average Bonchev–Trinajstić information content (AvgIpc) is 2.32. The summed E-state index contributed by atoms with van der Waals surface area (Å²) in [6.45, 7) is 0. The fourth-order valence-corrected chi connectivity index (χ4v) is 1.51. The van der Waals surface area contributed by atoms with E-state index in [0.29, 0.717) is 0 Å². The van der Waals surface area contributed by atoms with Crippen LogP contribution in [-0.2, 0) is 4.79 Å². The zero-order valence-electron chi connectivity index (χ0n) is 8.45. The van der Waals surface area contributed by atoms with Crippen molar-refractivity contribution in [2.24, 2.45) is 5.11 Å². The van der Waals surface area contributed by atoms with Crippen molar-refractivity contribution in [1.29, 1.82) is 0 Å². The molecule has 0 unspecified atom stereocenters. The third-order valence-electron chi connectivity index (χ3n) is 2.39. The summed E-state index contributed by atoms with van der Waals surface area (Å²) in [5.41, 5.74) is 9.32. The number of hydrogen-bond acceptors (Lipinski definition) is 2. The molecule has 1 aliphatic heterocycles. The number of azide groups is 1. The van der Waals surface area contributed by atoms with Crippen LogP contribution >= 0.6 is 0 Å². The molecule has 5 nitrogen and oxygen atoms in total. The van der Waals surface area contributed by atoms with Crippen LogP contribution in [0.3, 0.4) is 0 Å². The highest BCUT2D eigenvalue weighted by Crippen LogP contribution is 2.14. The predicted molar refractivity (Wildman–Crippen MR) is 60.3 cm³/mol. The van der Waals surface area contributed by atoms with Crippen LogP contribution in [0.15, 0.2) is 41.5 Å². The monoisotopic (exact) mass is 214 g/mol. The Morgan fingerprint density at radius 1 is 1.38 bits per heavy atom. The Bertz CT molecular complexity index is 460. The van der Waals surface area contributed by atoms with E-state index in [2.05, 4.69) is 15.3 Å². The minimum atomic E-state index is -0.607. The molecule has 0 aliphatic carbocycles. The summed E-state index contributed by atoms with van der Waals surface area (Å²) in [6, 6.07) is 8.92. The van der Waals surface area contributed by atoms with Gasteiger partial charge in [-0.15, -0.1) is 0 Å². The van der Waals surface area contributed by atoms with E-state index < -0.39 is 6.04 Å². The second-order valence-electron chi connectivity index (χ2n) is 3.45. The van der Waals surface area contributed by atoms with Crippen molar-refractivity contribution < 1.29 is 4.79 Å². The maximum Gasteiger partial charge on any atom is 0.231 e. The van der Waals surface area contributed by atoms with Crippen LogP contribution in [0.2, 0.25) is 0 Å². The summed E-state index contributed by atoms with van der Waals surface area (Å²) >= 11 is 0. The van der Waals surface area contributed by atoms with Crippen molar-refractivity contribution in [2.45, 2.75) is 12.1 Å². The van der Waals surface area contributed by atoms with Gasteiger partial charge in [0.15, 0.2) is 0 Å². The largest absolute Gasteiger partial charge is 0.349 e. The molecule has 0 saturated carbocycles. The molecule has 1 saturated heterocycles. The summed E-state index contributed by atoms with van der Waals surface area (Å²) in [4.78, 5) is 13.7. The molecule has 1 N–H and O–H groups in total.